The number of fused-ring (bicyclic) bond motifs is 2. The lowest BCUT2D eigenvalue weighted by Crippen LogP contribution is -2.73. The Hall–Kier alpha value is -6.73. The van der Waals surface area contributed by atoms with Gasteiger partial charge in [0.15, 0.2) is 17.0 Å². The van der Waals surface area contributed by atoms with Gasteiger partial charge >= 0.3 is 0 Å². The van der Waals surface area contributed by atoms with Gasteiger partial charge in [0.2, 0.25) is 17.7 Å². The van der Waals surface area contributed by atoms with Crippen LogP contribution in [0.25, 0.3) is 22.0 Å². The topological polar surface area (TPSA) is 183 Å². The van der Waals surface area contributed by atoms with Crippen molar-refractivity contribution in [2.24, 2.45) is 5.41 Å². The molecule has 3 aromatic heterocycles. The van der Waals surface area contributed by atoms with Crippen molar-refractivity contribution >= 4 is 68.1 Å². The number of aryl methyl sites for hydroxylation is 1. The summed E-state index contributed by atoms with van der Waals surface area (Å²) in [5, 5.41) is 27.1. The van der Waals surface area contributed by atoms with Crippen LogP contribution in [0.1, 0.15) is 56.0 Å². The van der Waals surface area contributed by atoms with Crippen molar-refractivity contribution in [3.63, 3.8) is 0 Å². The van der Waals surface area contributed by atoms with E-state index in [1.807, 2.05) is 40.1 Å². The molecule has 4 saturated heterocycles. The van der Waals surface area contributed by atoms with Gasteiger partial charge in [0.05, 0.1) is 29.7 Å². The zero-order chi connectivity index (χ0) is 45.3. The van der Waals surface area contributed by atoms with Crippen molar-refractivity contribution in [2.45, 2.75) is 69.2 Å². The normalized spacial score (nSPS) is 20.2. The van der Waals surface area contributed by atoms with Crippen LogP contribution in [0, 0.1) is 17.0 Å². The molecule has 5 aliphatic heterocycles. The molecule has 2 atom stereocenters. The highest BCUT2D eigenvalue weighted by Gasteiger charge is 2.54. The maximum absolute atomic E-state index is 16.4. The molecule has 4 amide bonds. The molecule has 3 aromatic carbocycles. The number of nitrogens with zero attached hydrogens (tertiary/aromatic N) is 8. The molecule has 5 aliphatic rings. The standard InChI is InChI=1S/C47H47F2N11O5S/c48-33-20-30(52-34-10-12-37(61)53-43(34)63)6-11-35(33)56-17-13-47(65,14-18-56)21-38(62)59-25-46(26-59)23-58(24-46)31-7-3-28(4-8-31)32-9-5-29-22-60(55-40(29)39(32)49)42(44(64)54-45-50-15-19-66-45)41-36-2-1-16-57(36)27-51-41/h3-9,11,15,19-20,22,27,34,42,52,65H,1-2,10,12-14,16-18,21,23-26H2,(H,50,54,64)(H,53,61,63). The fourth-order valence-electron chi connectivity index (χ4n) is 10.3. The van der Waals surface area contributed by atoms with Gasteiger partial charge in [0.25, 0.3) is 5.91 Å². The minimum absolute atomic E-state index is 0.0114. The lowest BCUT2D eigenvalue weighted by molar-refractivity contribution is -0.151. The Morgan fingerprint density at radius 2 is 1.76 bits per heavy atom. The van der Waals surface area contributed by atoms with Gasteiger partial charge in [-0.2, -0.15) is 5.10 Å². The lowest BCUT2D eigenvalue weighted by atomic mass is 9.72. The molecule has 0 aliphatic carbocycles. The number of hydrogen-bond donors (Lipinski definition) is 4. The van der Waals surface area contributed by atoms with Crippen LogP contribution in [0.5, 0.6) is 0 Å². The van der Waals surface area contributed by atoms with E-state index in [9.17, 15) is 24.3 Å². The molecule has 0 bridgehead atoms. The first-order chi connectivity index (χ1) is 31.9. The van der Waals surface area contributed by atoms with Crippen LogP contribution in [-0.2, 0) is 32.1 Å². The predicted octanol–water partition coefficient (Wildman–Crippen LogP) is 5.10. The molecule has 19 heteroatoms. The Kier molecular flexibility index (Phi) is 10.4. The highest BCUT2D eigenvalue weighted by atomic mass is 32.1. The summed E-state index contributed by atoms with van der Waals surface area (Å²) in [6.45, 7) is 4.37. The third-order valence-corrected chi connectivity index (χ3v) is 14.6. The van der Waals surface area contributed by atoms with Crippen LogP contribution < -0.4 is 25.8 Å². The number of aliphatic hydroxyl groups is 1. The van der Waals surface area contributed by atoms with Gasteiger partial charge in [-0.05, 0) is 68.0 Å². The van der Waals surface area contributed by atoms with Crippen LogP contribution in [0.15, 0.2) is 78.7 Å². The summed E-state index contributed by atoms with van der Waals surface area (Å²) in [6, 6.07) is 14.4. The molecule has 4 fully saturated rings. The second-order valence-corrected chi connectivity index (χ2v) is 19.3. The van der Waals surface area contributed by atoms with Crippen LogP contribution in [0.2, 0.25) is 0 Å². The van der Waals surface area contributed by atoms with Gasteiger partial charge in [-0.25, -0.2) is 18.7 Å². The van der Waals surface area contributed by atoms with E-state index in [2.05, 4.69) is 40.5 Å². The van der Waals surface area contributed by atoms with Gasteiger partial charge in [-0.3, -0.25) is 34.5 Å². The molecule has 0 radical (unpaired) electrons. The van der Waals surface area contributed by atoms with Crippen LogP contribution in [0.3, 0.4) is 0 Å². The number of carbonyl (C=O) groups excluding carboxylic acids is 4. The van der Waals surface area contributed by atoms with Gasteiger partial charge < -0.3 is 29.7 Å². The molecule has 6 aromatic rings. The maximum atomic E-state index is 16.4. The largest absolute Gasteiger partial charge is 0.389 e. The van der Waals surface area contributed by atoms with Gasteiger partial charge in [0, 0.05) is 103 Å². The number of aromatic nitrogens is 5. The second kappa shape index (κ2) is 16.3. The summed E-state index contributed by atoms with van der Waals surface area (Å²) < 4.78 is 35.2. The molecule has 16 nitrogen and oxygen atoms in total. The minimum Gasteiger partial charge on any atom is -0.389 e. The van der Waals surface area contributed by atoms with E-state index in [0.717, 1.165) is 43.9 Å². The molecule has 0 saturated carbocycles. The first-order valence-electron chi connectivity index (χ1n) is 22.3. The highest BCUT2D eigenvalue weighted by Crippen LogP contribution is 2.44. The predicted molar refractivity (Wildman–Crippen MR) is 243 cm³/mol. The van der Waals surface area contributed by atoms with Gasteiger partial charge in [-0.1, -0.05) is 24.3 Å². The summed E-state index contributed by atoms with van der Waals surface area (Å²) in [4.78, 5) is 65.5. The minimum atomic E-state index is -1.18. The third-order valence-electron chi connectivity index (χ3n) is 13.9. The Labute approximate surface area is 381 Å². The van der Waals surface area contributed by atoms with E-state index >= 15 is 8.78 Å². The second-order valence-electron chi connectivity index (χ2n) is 18.4. The van der Waals surface area contributed by atoms with E-state index < -0.39 is 35.2 Å². The van der Waals surface area contributed by atoms with Crippen molar-refractivity contribution < 1.29 is 33.1 Å². The molecular formula is C47H47F2N11O5S. The maximum Gasteiger partial charge on any atom is 0.257 e. The Bertz CT molecular complexity index is 2880. The van der Waals surface area contributed by atoms with Crippen molar-refractivity contribution in [3.8, 4) is 11.1 Å². The molecule has 8 heterocycles. The summed E-state index contributed by atoms with van der Waals surface area (Å²) in [7, 11) is 0. The van der Waals surface area contributed by atoms with E-state index in [-0.39, 0.29) is 41.5 Å². The number of benzene rings is 3. The van der Waals surface area contributed by atoms with E-state index in [1.165, 1.54) is 22.1 Å². The quantitative estimate of drug-likeness (QED) is 0.127. The number of amides is 4. The molecule has 2 unspecified atom stereocenters. The zero-order valence-corrected chi connectivity index (χ0v) is 36.7. The summed E-state index contributed by atoms with van der Waals surface area (Å²) in [5.41, 5.74) is 3.44. The number of imidazole rings is 1. The van der Waals surface area contributed by atoms with E-state index in [1.54, 1.807) is 42.3 Å². The SMILES string of the molecule is O=C1CCC(Nc2ccc(N3CCC(O)(CC(=O)N4CC5(C4)CN(c4ccc(-c6ccc7cn(C(C(=O)Nc8nccs8)c8ncn9c8CCC9)nc7c6F)cc4)C5)CC3)c(F)c2)C(=O)N1. The average Bonchev–Trinajstić information content (AvgIpc) is 4.10. The van der Waals surface area contributed by atoms with Crippen LogP contribution in [0.4, 0.5) is 31.0 Å². The molecular weight excluding hydrogens is 869 g/mol. The van der Waals surface area contributed by atoms with Crippen molar-refractivity contribution in [1.82, 2.24) is 34.5 Å². The smallest absolute Gasteiger partial charge is 0.257 e. The number of thiazole rings is 1. The average molecular weight is 916 g/mol. The number of nitrogens with one attached hydrogen (secondary N) is 3. The molecule has 1 spiro atoms. The number of imide groups is 1. The van der Waals surface area contributed by atoms with E-state index in [0.29, 0.717) is 84.2 Å². The fraction of sp³-hybridized carbons (Fsp3) is 0.383. The summed E-state index contributed by atoms with van der Waals surface area (Å²) in [6.07, 6.45) is 8.00. The lowest BCUT2D eigenvalue weighted by Gasteiger charge is -2.61. The van der Waals surface area contributed by atoms with Gasteiger partial charge in [0.1, 0.15) is 17.4 Å². The Morgan fingerprint density at radius 3 is 2.50 bits per heavy atom. The first-order valence-corrected chi connectivity index (χ1v) is 23.2. The Balaban J connectivity index is 0.682. The monoisotopic (exact) mass is 915 g/mol. The third kappa shape index (κ3) is 7.72. The number of hydrogen-bond acceptors (Lipinski definition) is 12. The number of halogens is 2. The van der Waals surface area contributed by atoms with Crippen LogP contribution >= 0.6 is 11.3 Å². The zero-order valence-electron chi connectivity index (χ0n) is 35.9. The number of anilines is 4. The molecule has 4 N–H and O–H groups in total. The number of likely N-dealkylation sites (tertiary alicyclic amines) is 1. The first kappa shape index (κ1) is 41.9. The van der Waals surface area contributed by atoms with Crippen molar-refractivity contribution in [1.29, 1.82) is 0 Å². The van der Waals surface area contributed by atoms with Crippen molar-refractivity contribution in [2.75, 3.05) is 59.7 Å². The highest BCUT2D eigenvalue weighted by molar-refractivity contribution is 7.13. The number of rotatable bonds is 11. The number of piperidine rings is 2. The number of carbonyl (C=O) groups is 4. The molecule has 66 heavy (non-hydrogen) atoms. The Morgan fingerprint density at radius 1 is 0.955 bits per heavy atom. The van der Waals surface area contributed by atoms with Gasteiger partial charge in [-0.15, -0.1) is 11.3 Å². The van der Waals surface area contributed by atoms with E-state index in [4.69, 9.17) is 0 Å². The van der Waals surface area contributed by atoms with Crippen LogP contribution in [-0.4, -0.2) is 109 Å². The van der Waals surface area contributed by atoms with Crippen molar-refractivity contribution in [3.05, 3.63) is 102 Å². The summed E-state index contributed by atoms with van der Waals surface area (Å²) in [5.74, 6) is -2.13. The molecule has 11 rings (SSSR count). The molecule has 340 valence electrons. The fourth-order valence-corrected chi connectivity index (χ4v) is 10.9. The summed E-state index contributed by atoms with van der Waals surface area (Å²) >= 11 is 1.31.